The Morgan fingerprint density at radius 1 is 0.962 bits per heavy atom. The Hall–Kier alpha value is -3.88. The second-order valence-corrected chi connectivity index (χ2v) is 17.2. The molecular formula is C39H51N3O8S3. The Labute approximate surface area is 321 Å². The number of carboxylic acids is 1. The Kier molecular flexibility index (Phi) is 15.4. The van der Waals surface area contributed by atoms with Crippen LogP contribution in [0.3, 0.4) is 0 Å². The number of carboxylic acid groups (broad SMARTS) is 1. The molecule has 1 aliphatic heterocycles. The molecule has 0 saturated heterocycles. The van der Waals surface area contributed by atoms with E-state index in [2.05, 4.69) is 29.4 Å². The smallest absolute Gasteiger partial charge is 0.326 e. The first-order valence-corrected chi connectivity index (χ1v) is 22.1. The van der Waals surface area contributed by atoms with Gasteiger partial charge in [-0.05, 0) is 73.4 Å². The first-order chi connectivity index (χ1) is 25.4. The summed E-state index contributed by atoms with van der Waals surface area (Å²) in [5.74, 6) is -1.98. The molecule has 0 spiro atoms. The van der Waals surface area contributed by atoms with Gasteiger partial charge in [0.25, 0.3) is 5.91 Å². The summed E-state index contributed by atoms with van der Waals surface area (Å²) in [6.45, 7) is 4.22. The molecule has 0 aromatic heterocycles. The summed E-state index contributed by atoms with van der Waals surface area (Å²) >= 11 is 2.80. The third kappa shape index (κ3) is 11.1. The van der Waals surface area contributed by atoms with Gasteiger partial charge >= 0.3 is 5.97 Å². The van der Waals surface area contributed by atoms with Crippen LogP contribution in [-0.4, -0.2) is 79.6 Å². The number of phenolic OH excluding ortho intramolecular Hbond substituents is 1. The van der Waals surface area contributed by atoms with Crippen molar-refractivity contribution in [2.75, 3.05) is 42.1 Å². The maximum Gasteiger partial charge on any atom is 0.326 e. The number of hydrogen-bond donors (Lipinski definition) is 4. The summed E-state index contributed by atoms with van der Waals surface area (Å²) in [6, 6.07) is 16.3. The number of fused-ring (bicyclic) bond motifs is 1. The van der Waals surface area contributed by atoms with Gasteiger partial charge in [-0.1, -0.05) is 69.9 Å². The molecule has 2 amide bonds. The van der Waals surface area contributed by atoms with Crippen molar-refractivity contribution in [1.82, 2.24) is 10.6 Å². The fourth-order valence-corrected chi connectivity index (χ4v) is 9.78. The van der Waals surface area contributed by atoms with E-state index in [0.29, 0.717) is 28.4 Å². The molecule has 3 aromatic carbocycles. The van der Waals surface area contributed by atoms with E-state index in [1.807, 2.05) is 48.9 Å². The van der Waals surface area contributed by atoms with Crippen LogP contribution in [0.25, 0.3) is 0 Å². The van der Waals surface area contributed by atoms with Gasteiger partial charge < -0.3 is 30.5 Å². The fourth-order valence-electron chi connectivity index (χ4n) is 6.64. The molecule has 288 valence electrons. The molecule has 4 rings (SSSR count). The summed E-state index contributed by atoms with van der Waals surface area (Å²) in [4.78, 5) is 41.6. The number of sulfone groups is 1. The quantitative estimate of drug-likeness (QED) is 0.0930. The van der Waals surface area contributed by atoms with Crippen molar-refractivity contribution in [2.24, 2.45) is 5.41 Å². The van der Waals surface area contributed by atoms with Gasteiger partial charge in [0.15, 0.2) is 16.4 Å². The minimum Gasteiger partial charge on any atom is -0.508 e. The molecule has 3 aromatic rings. The van der Waals surface area contributed by atoms with Crippen LogP contribution in [0.1, 0.15) is 70.4 Å². The van der Waals surface area contributed by atoms with Crippen LogP contribution in [0.5, 0.6) is 11.5 Å². The van der Waals surface area contributed by atoms with Gasteiger partial charge in [0.1, 0.15) is 23.6 Å². The van der Waals surface area contributed by atoms with Crippen LogP contribution >= 0.6 is 23.5 Å². The van der Waals surface area contributed by atoms with E-state index in [-0.39, 0.29) is 28.6 Å². The molecule has 0 saturated carbocycles. The zero-order valence-electron chi connectivity index (χ0n) is 30.8. The number of para-hydroxylation sites is 1. The van der Waals surface area contributed by atoms with Crippen molar-refractivity contribution in [3.05, 3.63) is 72.3 Å². The van der Waals surface area contributed by atoms with Crippen molar-refractivity contribution in [2.45, 2.75) is 80.7 Å². The number of unbranched alkanes of at least 4 members (excludes halogenated alkanes) is 2. The number of rotatable bonds is 19. The molecule has 1 aliphatic rings. The molecule has 0 radical (unpaired) electrons. The Morgan fingerprint density at radius 3 is 2.21 bits per heavy atom. The number of thioether (sulfide) groups is 2. The van der Waals surface area contributed by atoms with E-state index >= 15 is 0 Å². The number of aliphatic carboxylic acids is 1. The predicted octanol–water partition coefficient (Wildman–Crippen LogP) is 6.97. The number of nitrogens with zero attached hydrogens (tertiary/aromatic N) is 1. The van der Waals surface area contributed by atoms with Crippen molar-refractivity contribution in [3.8, 4) is 11.5 Å². The lowest BCUT2D eigenvalue weighted by molar-refractivity contribution is -0.142. The van der Waals surface area contributed by atoms with E-state index in [9.17, 15) is 33.0 Å². The Balaban J connectivity index is 1.67. The third-order valence-electron chi connectivity index (χ3n) is 9.43. The van der Waals surface area contributed by atoms with E-state index in [1.54, 1.807) is 0 Å². The normalized spacial score (nSPS) is 15.7. The average Bonchev–Trinajstić information content (AvgIpc) is 3.24. The van der Waals surface area contributed by atoms with Crippen molar-refractivity contribution >= 4 is 62.5 Å². The second kappa shape index (κ2) is 19.4. The number of phenols is 1. The summed E-state index contributed by atoms with van der Waals surface area (Å²) in [7, 11) is -3.82. The van der Waals surface area contributed by atoms with E-state index in [0.717, 1.165) is 44.2 Å². The van der Waals surface area contributed by atoms with E-state index in [1.165, 1.54) is 53.9 Å². The minimum absolute atomic E-state index is 0.00736. The highest BCUT2D eigenvalue weighted by Gasteiger charge is 2.42. The standard InChI is InChI=1S/C39H51N3O8S3/c1-5-7-19-39(20-8-6-2)25-42(28-12-10-9-11-13-28)31-22-33(52-4)32(23-34(31)53(48,49)26-39)50-24-35(44)41-36(27-14-16-29(43)17-15-27)37(45)40-30(38(46)47)18-21-51-3/h9-17,22-23,30,36,43H,5-8,18-21,24-26H2,1-4H3,(H,40,45)(H,41,44)(H,46,47). The van der Waals surface area contributed by atoms with Crippen LogP contribution in [-0.2, 0) is 24.2 Å². The topological polar surface area (TPSA) is 162 Å². The fraction of sp³-hybridized carbons (Fsp3) is 0.462. The van der Waals surface area contributed by atoms with E-state index in [4.69, 9.17) is 4.74 Å². The van der Waals surface area contributed by atoms with E-state index < -0.39 is 51.7 Å². The number of carbonyl (C=O) groups excluding carboxylic acids is 2. The first kappa shape index (κ1) is 41.9. The minimum atomic E-state index is -3.82. The number of ether oxygens (including phenoxy) is 1. The number of nitrogens with one attached hydrogen (secondary N) is 2. The van der Waals surface area contributed by atoms with Crippen LogP contribution < -0.4 is 20.3 Å². The van der Waals surface area contributed by atoms with Gasteiger partial charge in [0.05, 0.1) is 21.2 Å². The molecular weight excluding hydrogens is 735 g/mol. The molecule has 2 atom stereocenters. The van der Waals surface area contributed by atoms with Crippen molar-refractivity contribution < 1.29 is 37.8 Å². The molecule has 0 bridgehead atoms. The van der Waals surface area contributed by atoms with Gasteiger partial charge in [-0.15, -0.1) is 11.8 Å². The summed E-state index contributed by atoms with van der Waals surface area (Å²) in [6.07, 6.45) is 9.15. The molecule has 1 heterocycles. The largest absolute Gasteiger partial charge is 0.508 e. The summed E-state index contributed by atoms with van der Waals surface area (Å²) < 4.78 is 34.9. The monoisotopic (exact) mass is 785 g/mol. The van der Waals surface area contributed by atoms with Crippen LogP contribution in [0.4, 0.5) is 11.4 Å². The predicted molar refractivity (Wildman–Crippen MR) is 212 cm³/mol. The molecule has 4 N–H and O–H groups in total. The van der Waals surface area contributed by atoms with Crippen LogP contribution in [0.2, 0.25) is 0 Å². The van der Waals surface area contributed by atoms with Crippen LogP contribution in [0.15, 0.2) is 76.5 Å². The molecule has 0 fully saturated rings. The molecule has 11 nitrogen and oxygen atoms in total. The zero-order valence-corrected chi connectivity index (χ0v) is 33.2. The number of hydrogen-bond acceptors (Lipinski definition) is 10. The Morgan fingerprint density at radius 2 is 1.62 bits per heavy atom. The maximum absolute atomic E-state index is 14.4. The lowest BCUT2D eigenvalue weighted by atomic mass is 9.79. The van der Waals surface area contributed by atoms with Crippen LogP contribution in [0, 0.1) is 5.41 Å². The van der Waals surface area contributed by atoms with Gasteiger partial charge in [-0.2, -0.15) is 11.8 Å². The Bertz CT molecular complexity index is 1800. The molecule has 2 unspecified atom stereocenters. The molecule has 0 aliphatic carbocycles. The summed E-state index contributed by atoms with van der Waals surface area (Å²) in [5, 5.41) is 24.7. The lowest BCUT2D eigenvalue weighted by Gasteiger charge is -2.37. The number of aromatic hydroxyl groups is 1. The van der Waals surface area contributed by atoms with Gasteiger partial charge in [-0.25, -0.2) is 13.2 Å². The number of benzene rings is 3. The first-order valence-electron chi connectivity index (χ1n) is 17.9. The number of carbonyl (C=O) groups is 3. The zero-order chi connectivity index (χ0) is 38.6. The second-order valence-electron chi connectivity index (χ2n) is 13.4. The van der Waals surface area contributed by atoms with Gasteiger partial charge in [0.2, 0.25) is 5.91 Å². The SMILES string of the molecule is CCCCC1(CCCC)CN(c2ccccc2)c2cc(SC)c(OCC(=O)NC(C(=O)NC(CCSC)C(=O)O)c3ccc(O)cc3)cc2S(=O)(=O)C1. The number of anilines is 2. The van der Waals surface area contributed by atoms with Gasteiger partial charge in [0, 0.05) is 23.7 Å². The van der Waals surface area contributed by atoms with Gasteiger partial charge in [-0.3, -0.25) is 9.59 Å². The third-order valence-corrected chi connectivity index (χ3v) is 12.8. The average molecular weight is 786 g/mol. The summed E-state index contributed by atoms with van der Waals surface area (Å²) in [5.41, 5.74) is 1.30. The van der Waals surface area contributed by atoms with Crippen molar-refractivity contribution in [1.29, 1.82) is 0 Å². The highest BCUT2D eigenvalue weighted by Crippen LogP contribution is 2.47. The number of amides is 2. The highest BCUT2D eigenvalue weighted by atomic mass is 32.2. The maximum atomic E-state index is 14.4. The van der Waals surface area contributed by atoms with Crippen molar-refractivity contribution in [3.63, 3.8) is 0 Å². The molecule has 53 heavy (non-hydrogen) atoms. The molecule has 14 heteroatoms. The lowest BCUT2D eigenvalue weighted by Crippen LogP contribution is -2.48. The highest BCUT2D eigenvalue weighted by molar-refractivity contribution is 7.98.